The van der Waals surface area contributed by atoms with Gasteiger partial charge in [-0.25, -0.2) is 8.42 Å². The van der Waals surface area contributed by atoms with Gasteiger partial charge in [0.05, 0.1) is 22.8 Å². The molecule has 0 unspecified atom stereocenters. The van der Waals surface area contributed by atoms with E-state index in [1.165, 1.54) is 12.1 Å². The average Bonchev–Trinajstić information content (AvgIpc) is 2.46. The van der Waals surface area contributed by atoms with Crippen molar-refractivity contribution in [2.24, 2.45) is 0 Å². The fourth-order valence-corrected chi connectivity index (χ4v) is 2.55. The third-order valence-corrected chi connectivity index (χ3v) is 4.05. The Morgan fingerprint density at radius 3 is 2.45 bits per heavy atom. The van der Waals surface area contributed by atoms with E-state index in [1.807, 2.05) is 0 Å². The van der Waals surface area contributed by atoms with Crippen LogP contribution in [0, 0.1) is 0 Å². The number of nitrogens with zero attached hydrogens (tertiary/aromatic N) is 1. The van der Waals surface area contributed by atoms with Gasteiger partial charge in [0.15, 0.2) is 0 Å². The molecule has 0 aliphatic heterocycles. The molecule has 1 aromatic heterocycles. The average molecular weight is 298 g/mol. The zero-order valence-electron chi connectivity index (χ0n) is 10.3. The zero-order valence-corrected chi connectivity index (χ0v) is 11.1. The molecule has 1 aromatic carbocycles. The van der Waals surface area contributed by atoms with E-state index in [2.05, 4.69) is 10.3 Å². The Balaban J connectivity index is 2.25. The number of nitrogens with one attached hydrogen (secondary N) is 1. The first-order valence-corrected chi connectivity index (χ1v) is 7.31. The van der Waals surface area contributed by atoms with Crippen molar-refractivity contribution < 1.29 is 17.2 Å². The molecule has 1 N–H and O–H groups in total. The smallest absolute Gasteiger partial charge is 0.341 e. The lowest BCUT2D eigenvalue weighted by Gasteiger charge is -2.11. The van der Waals surface area contributed by atoms with Crippen LogP contribution in [0.3, 0.4) is 0 Å². The largest absolute Gasteiger partial charge is 0.378 e. The normalized spacial score (nSPS) is 11.6. The first-order chi connectivity index (χ1) is 9.51. The van der Waals surface area contributed by atoms with Crippen molar-refractivity contribution in [3.63, 3.8) is 0 Å². The van der Waals surface area contributed by atoms with Gasteiger partial charge >= 0.3 is 5.76 Å². The number of anilines is 1. The highest BCUT2D eigenvalue weighted by Crippen LogP contribution is 2.26. The summed E-state index contributed by atoms with van der Waals surface area (Å²) in [6.07, 6.45) is 1.60. The van der Waals surface area contributed by atoms with Gasteiger partial charge < -0.3 is 5.32 Å². The third-order valence-electron chi connectivity index (χ3n) is 2.61. The molecule has 1 heterocycles. The summed E-state index contributed by atoms with van der Waals surface area (Å²) >= 11 is 0. The van der Waals surface area contributed by atoms with Gasteiger partial charge in [-0.2, -0.15) is 8.78 Å². The Morgan fingerprint density at radius 2 is 1.80 bits per heavy atom. The Kier molecular flexibility index (Phi) is 4.29. The minimum atomic E-state index is -4.63. The summed E-state index contributed by atoms with van der Waals surface area (Å²) in [5, 5.41) is 2.82. The number of benzene rings is 1. The summed E-state index contributed by atoms with van der Waals surface area (Å²) in [5.41, 5.74) is 0.815. The summed E-state index contributed by atoms with van der Waals surface area (Å²) in [4.78, 5) is 3.65. The highest BCUT2D eigenvalue weighted by Gasteiger charge is 2.28. The Bertz CT molecular complexity index is 676. The van der Waals surface area contributed by atoms with Crippen LogP contribution < -0.4 is 5.32 Å². The molecular weight excluding hydrogens is 286 g/mol. The summed E-state index contributed by atoms with van der Waals surface area (Å²) in [6.45, 7) is 0.247. The molecule has 0 fully saturated rings. The lowest BCUT2D eigenvalue weighted by atomic mass is 10.3. The van der Waals surface area contributed by atoms with Crippen LogP contribution in [0.1, 0.15) is 5.69 Å². The predicted molar refractivity (Wildman–Crippen MR) is 71.2 cm³/mol. The molecule has 0 atom stereocenters. The molecule has 0 amide bonds. The van der Waals surface area contributed by atoms with Crippen molar-refractivity contribution >= 4 is 15.5 Å². The SMILES string of the molecule is O=S(=O)(c1ccccc1NCc1ccccn1)C(F)F. The Hall–Kier alpha value is -2.02. The number of pyridine rings is 1. The molecule has 0 spiro atoms. The van der Waals surface area contributed by atoms with Gasteiger partial charge in [-0.15, -0.1) is 0 Å². The van der Waals surface area contributed by atoms with Crippen molar-refractivity contribution in [2.45, 2.75) is 17.2 Å². The molecular formula is C13H12F2N2O2S. The molecule has 106 valence electrons. The van der Waals surface area contributed by atoms with Gasteiger partial charge in [0.25, 0.3) is 0 Å². The molecule has 2 rings (SSSR count). The summed E-state index contributed by atoms with van der Waals surface area (Å²) in [7, 11) is -4.63. The first-order valence-electron chi connectivity index (χ1n) is 5.76. The maximum Gasteiger partial charge on any atom is 0.341 e. The molecule has 0 saturated carbocycles. The minimum Gasteiger partial charge on any atom is -0.378 e. The van der Waals surface area contributed by atoms with E-state index < -0.39 is 20.5 Å². The van der Waals surface area contributed by atoms with Crippen LogP contribution in [-0.4, -0.2) is 19.2 Å². The lowest BCUT2D eigenvalue weighted by molar-refractivity contribution is 0.235. The van der Waals surface area contributed by atoms with Crippen LogP contribution in [0.4, 0.5) is 14.5 Å². The van der Waals surface area contributed by atoms with Gasteiger partial charge in [-0.05, 0) is 24.3 Å². The van der Waals surface area contributed by atoms with Crippen LogP contribution in [0.2, 0.25) is 0 Å². The highest BCUT2D eigenvalue weighted by atomic mass is 32.2. The van der Waals surface area contributed by atoms with Gasteiger partial charge in [-0.1, -0.05) is 18.2 Å². The van der Waals surface area contributed by atoms with Gasteiger partial charge in [0.2, 0.25) is 9.84 Å². The third kappa shape index (κ3) is 3.11. The molecule has 20 heavy (non-hydrogen) atoms. The van der Waals surface area contributed by atoms with Crippen LogP contribution >= 0.6 is 0 Å². The molecule has 0 aliphatic carbocycles. The van der Waals surface area contributed by atoms with Crippen LogP contribution in [0.25, 0.3) is 0 Å². The second kappa shape index (κ2) is 5.96. The van der Waals surface area contributed by atoms with Crippen LogP contribution in [-0.2, 0) is 16.4 Å². The summed E-state index contributed by atoms with van der Waals surface area (Å²) in [6, 6.07) is 10.9. The van der Waals surface area contributed by atoms with Gasteiger partial charge in [0, 0.05) is 6.20 Å². The fourth-order valence-electron chi connectivity index (χ4n) is 1.65. The topological polar surface area (TPSA) is 59.1 Å². The highest BCUT2D eigenvalue weighted by molar-refractivity contribution is 7.91. The molecule has 7 heteroatoms. The molecule has 0 saturated heterocycles. The van der Waals surface area contributed by atoms with Gasteiger partial charge in [-0.3, -0.25) is 4.98 Å². The molecule has 2 aromatic rings. The van der Waals surface area contributed by atoms with Crippen molar-refractivity contribution in [3.05, 3.63) is 54.4 Å². The standard InChI is InChI=1S/C13H12F2N2O2S/c14-13(15)20(18,19)12-7-2-1-6-11(12)17-9-10-5-3-4-8-16-10/h1-8,13,17H,9H2. The maximum absolute atomic E-state index is 12.6. The Morgan fingerprint density at radius 1 is 1.10 bits per heavy atom. The number of hydrogen-bond donors (Lipinski definition) is 1. The second-order valence-electron chi connectivity index (χ2n) is 3.98. The maximum atomic E-state index is 12.6. The molecule has 0 radical (unpaired) electrons. The second-order valence-corrected chi connectivity index (χ2v) is 5.86. The van der Waals surface area contributed by atoms with Crippen LogP contribution in [0.5, 0.6) is 0 Å². The van der Waals surface area contributed by atoms with Crippen LogP contribution in [0.15, 0.2) is 53.6 Å². The van der Waals surface area contributed by atoms with E-state index in [9.17, 15) is 17.2 Å². The molecule has 4 nitrogen and oxygen atoms in total. The Labute approximate surface area is 115 Å². The monoisotopic (exact) mass is 298 g/mol. The van der Waals surface area contributed by atoms with E-state index in [-0.39, 0.29) is 12.2 Å². The van der Waals surface area contributed by atoms with E-state index >= 15 is 0 Å². The predicted octanol–water partition coefficient (Wildman–Crippen LogP) is 2.69. The van der Waals surface area contributed by atoms with E-state index in [0.717, 1.165) is 6.07 Å². The lowest BCUT2D eigenvalue weighted by Crippen LogP contribution is -2.14. The molecule has 0 aliphatic rings. The van der Waals surface area contributed by atoms with Crippen molar-refractivity contribution in [2.75, 3.05) is 5.32 Å². The van der Waals surface area contributed by atoms with E-state index in [0.29, 0.717) is 5.69 Å². The number of aromatic nitrogens is 1. The number of rotatable bonds is 5. The number of hydrogen-bond acceptors (Lipinski definition) is 4. The zero-order chi connectivity index (χ0) is 14.6. The molecule has 0 bridgehead atoms. The minimum absolute atomic E-state index is 0.137. The number of para-hydroxylation sites is 1. The van der Waals surface area contributed by atoms with Crippen molar-refractivity contribution in [1.82, 2.24) is 4.98 Å². The number of sulfone groups is 1. The van der Waals surface area contributed by atoms with E-state index in [1.54, 1.807) is 30.5 Å². The number of alkyl halides is 2. The summed E-state index contributed by atoms with van der Waals surface area (Å²) in [5.74, 6) is -3.44. The quantitative estimate of drug-likeness (QED) is 0.922. The summed E-state index contributed by atoms with van der Waals surface area (Å²) < 4.78 is 48.3. The van der Waals surface area contributed by atoms with Gasteiger partial charge in [0.1, 0.15) is 0 Å². The van der Waals surface area contributed by atoms with E-state index in [4.69, 9.17) is 0 Å². The van der Waals surface area contributed by atoms with Crippen molar-refractivity contribution in [1.29, 1.82) is 0 Å². The van der Waals surface area contributed by atoms with Crippen molar-refractivity contribution in [3.8, 4) is 0 Å². The first kappa shape index (κ1) is 14.4. The fraction of sp³-hybridized carbons (Fsp3) is 0.154. The number of halogens is 2.